The van der Waals surface area contributed by atoms with E-state index in [-0.39, 0.29) is 0 Å². The third-order valence-corrected chi connectivity index (χ3v) is 9.03. The van der Waals surface area contributed by atoms with Gasteiger partial charge in [-0.3, -0.25) is 0 Å². The summed E-state index contributed by atoms with van der Waals surface area (Å²) in [5.41, 5.74) is 11.2. The maximum Gasteiger partial charge on any atom is 0.0400 e. The molecule has 2 aliphatic carbocycles. The van der Waals surface area contributed by atoms with Crippen LogP contribution in [-0.4, -0.2) is 0 Å². The Bertz CT molecular complexity index is 824. The second kappa shape index (κ2) is 12.7. The van der Waals surface area contributed by atoms with E-state index in [2.05, 4.69) is 48.6 Å². The van der Waals surface area contributed by atoms with Crippen LogP contribution in [0.2, 0.25) is 0 Å². The summed E-state index contributed by atoms with van der Waals surface area (Å²) in [6.45, 7) is 3.15. The number of nitrogen functional groups attached to an aromatic ring is 1. The molecule has 34 heavy (non-hydrogen) atoms. The van der Waals surface area contributed by atoms with Crippen LogP contribution in [0.3, 0.4) is 0 Å². The summed E-state index contributed by atoms with van der Waals surface area (Å²) in [6, 6.07) is 17.7. The van der Waals surface area contributed by atoms with Crippen molar-refractivity contribution in [3.63, 3.8) is 0 Å². The van der Waals surface area contributed by atoms with Gasteiger partial charge in [-0.25, -0.2) is 0 Å². The standard InChI is InChI=1S/C32H48N2/c1-2-3-4-5-7-10-26-11-15-28(16-12-26)32(23-8-6-9-24-32)29-17-21-31(22-18-29)34-25-27-13-19-30(33)20-14-27/h13-14,17-22,26,28,34H,2-12,15-16,23-25,33H2,1H3. The average Bonchev–Trinajstić information content (AvgIpc) is 2.89. The zero-order valence-corrected chi connectivity index (χ0v) is 21.7. The minimum absolute atomic E-state index is 0.430. The molecule has 2 aliphatic rings. The van der Waals surface area contributed by atoms with Crippen molar-refractivity contribution in [3.8, 4) is 0 Å². The predicted molar refractivity (Wildman–Crippen MR) is 148 cm³/mol. The summed E-state index contributed by atoms with van der Waals surface area (Å²) < 4.78 is 0. The van der Waals surface area contributed by atoms with Crippen molar-refractivity contribution in [1.82, 2.24) is 0 Å². The molecule has 0 radical (unpaired) electrons. The van der Waals surface area contributed by atoms with Crippen molar-refractivity contribution in [3.05, 3.63) is 59.7 Å². The number of hydrogen-bond donors (Lipinski definition) is 2. The molecule has 0 heterocycles. The van der Waals surface area contributed by atoms with E-state index in [0.29, 0.717) is 5.41 Å². The minimum Gasteiger partial charge on any atom is -0.399 e. The van der Waals surface area contributed by atoms with Crippen LogP contribution in [0.15, 0.2) is 48.5 Å². The molecule has 2 aromatic rings. The zero-order chi connectivity index (χ0) is 23.6. The maximum absolute atomic E-state index is 5.82. The van der Waals surface area contributed by atoms with E-state index >= 15 is 0 Å². The highest BCUT2D eigenvalue weighted by Gasteiger charge is 2.42. The summed E-state index contributed by atoms with van der Waals surface area (Å²) in [7, 11) is 0. The van der Waals surface area contributed by atoms with Crippen LogP contribution in [0.25, 0.3) is 0 Å². The largest absolute Gasteiger partial charge is 0.399 e. The lowest BCUT2D eigenvalue weighted by molar-refractivity contribution is 0.124. The number of hydrogen-bond acceptors (Lipinski definition) is 2. The molecule has 0 amide bonds. The van der Waals surface area contributed by atoms with Crippen molar-refractivity contribution in [1.29, 1.82) is 0 Å². The SMILES string of the molecule is CCCCCCCC1CCC(C2(c3ccc(NCc4ccc(N)cc4)cc3)CCCCC2)CC1. The average molecular weight is 461 g/mol. The van der Waals surface area contributed by atoms with Gasteiger partial charge in [0, 0.05) is 17.9 Å². The third kappa shape index (κ3) is 6.58. The van der Waals surface area contributed by atoms with Gasteiger partial charge in [0.1, 0.15) is 0 Å². The van der Waals surface area contributed by atoms with Crippen molar-refractivity contribution in [2.24, 2.45) is 11.8 Å². The van der Waals surface area contributed by atoms with Crippen LogP contribution in [-0.2, 0) is 12.0 Å². The van der Waals surface area contributed by atoms with Crippen molar-refractivity contribution < 1.29 is 0 Å². The lowest BCUT2D eigenvalue weighted by atomic mass is 9.57. The van der Waals surface area contributed by atoms with Crippen LogP contribution in [0.4, 0.5) is 11.4 Å². The van der Waals surface area contributed by atoms with Crippen LogP contribution in [0.5, 0.6) is 0 Å². The van der Waals surface area contributed by atoms with Crippen molar-refractivity contribution in [2.45, 2.75) is 115 Å². The molecule has 0 spiro atoms. The van der Waals surface area contributed by atoms with Crippen LogP contribution in [0.1, 0.15) is 114 Å². The highest BCUT2D eigenvalue weighted by molar-refractivity contribution is 5.47. The Morgan fingerprint density at radius 3 is 2.15 bits per heavy atom. The molecule has 2 heteroatoms. The highest BCUT2D eigenvalue weighted by atomic mass is 14.9. The molecule has 186 valence electrons. The van der Waals surface area contributed by atoms with E-state index in [1.165, 1.54) is 108 Å². The normalized spacial score (nSPS) is 22.4. The summed E-state index contributed by atoms with van der Waals surface area (Å²) in [5.74, 6) is 1.89. The summed E-state index contributed by atoms with van der Waals surface area (Å²) >= 11 is 0. The highest BCUT2D eigenvalue weighted by Crippen LogP contribution is 2.51. The molecule has 0 aliphatic heterocycles. The van der Waals surface area contributed by atoms with Gasteiger partial charge < -0.3 is 11.1 Å². The number of benzene rings is 2. The monoisotopic (exact) mass is 460 g/mol. The van der Waals surface area contributed by atoms with E-state index in [4.69, 9.17) is 5.73 Å². The van der Waals surface area contributed by atoms with E-state index < -0.39 is 0 Å². The molecule has 4 rings (SSSR count). The molecular formula is C32H48N2. The number of nitrogens with two attached hydrogens (primary N) is 1. The first kappa shape index (κ1) is 25.1. The zero-order valence-electron chi connectivity index (χ0n) is 21.7. The topological polar surface area (TPSA) is 38.0 Å². The molecule has 0 atom stereocenters. The van der Waals surface area contributed by atoms with Gasteiger partial charge in [-0.2, -0.15) is 0 Å². The Labute approximate surface area is 209 Å². The van der Waals surface area contributed by atoms with Gasteiger partial charge >= 0.3 is 0 Å². The van der Waals surface area contributed by atoms with Gasteiger partial charge in [-0.05, 0) is 78.3 Å². The lowest BCUT2D eigenvalue weighted by Gasteiger charge is -2.47. The molecule has 2 fully saturated rings. The van der Waals surface area contributed by atoms with Crippen molar-refractivity contribution >= 4 is 11.4 Å². The Kier molecular flexibility index (Phi) is 9.36. The number of rotatable bonds is 11. The van der Waals surface area contributed by atoms with Gasteiger partial charge in [0.05, 0.1) is 0 Å². The number of anilines is 2. The summed E-state index contributed by atoms with van der Waals surface area (Å²) in [5, 5.41) is 3.60. The summed E-state index contributed by atoms with van der Waals surface area (Å²) in [6.07, 6.45) is 21.5. The van der Waals surface area contributed by atoms with Crippen LogP contribution in [0, 0.1) is 11.8 Å². The second-order valence-electron chi connectivity index (χ2n) is 11.3. The van der Waals surface area contributed by atoms with E-state index in [9.17, 15) is 0 Å². The second-order valence-corrected chi connectivity index (χ2v) is 11.3. The number of nitrogens with one attached hydrogen (secondary N) is 1. The molecule has 2 nitrogen and oxygen atoms in total. The molecule has 0 bridgehead atoms. The Balaban J connectivity index is 1.34. The van der Waals surface area contributed by atoms with E-state index in [0.717, 1.165) is 24.1 Å². The van der Waals surface area contributed by atoms with Crippen molar-refractivity contribution in [2.75, 3.05) is 11.1 Å². The Hall–Kier alpha value is -1.96. The first-order chi connectivity index (χ1) is 16.7. The Morgan fingerprint density at radius 2 is 1.47 bits per heavy atom. The maximum atomic E-state index is 5.82. The van der Waals surface area contributed by atoms with Gasteiger partial charge in [0.2, 0.25) is 0 Å². The van der Waals surface area contributed by atoms with E-state index in [1.807, 2.05) is 12.1 Å². The molecular weight excluding hydrogens is 412 g/mol. The fraction of sp³-hybridized carbons (Fsp3) is 0.625. The van der Waals surface area contributed by atoms with Gasteiger partial charge in [0.15, 0.2) is 0 Å². The van der Waals surface area contributed by atoms with Gasteiger partial charge in [0.25, 0.3) is 0 Å². The Morgan fingerprint density at radius 1 is 0.794 bits per heavy atom. The molecule has 0 aromatic heterocycles. The van der Waals surface area contributed by atoms with Gasteiger partial charge in [-0.15, -0.1) is 0 Å². The molecule has 2 aromatic carbocycles. The predicted octanol–water partition coefficient (Wildman–Crippen LogP) is 9.25. The fourth-order valence-electron chi connectivity index (χ4n) is 6.92. The first-order valence-electron chi connectivity index (χ1n) is 14.4. The molecule has 0 unspecified atom stereocenters. The molecule has 0 saturated heterocycles. The smallest absolute Gasteiger partial charge is 0.0400 e. The summed E-state index contributed by atoms with van der Waals surface area (Å²) in [4.78, 5) is 0. The van der Waals surface area contributed by atoms with Gasteiger partial charge in [-0.1, -0.05) is 102 Å². The minimum atomic E-state index is 0.430. The third-order valence-electron chi connectivity index (χ3n) is 9.03. The van der Waals surface area contributed by atoms with Crippen LogP contribution >= 0.6 is 0 Å². The molecule has 3 N–H and O–H groups in total. The fourth-order valence-corrected chi connectivity index (χ4v) is 6.92. The number of unbranched alkanes of at least 4 members (excludes halogenated alkanes) is 4. The van der Waals surface area contributed by atoms with Crippen LogP contribution < -0.4 is 11.1 Å². The lowest BCUT2D eigenvalue weighted by Crippen LogP contribution is -2.39. The van der Waals surface area contributed by atoms with E-state index in [1.54, 1.807) is 5.56 Å². The first-order valence-corrected chi connectivity index (χ1v) is 14.4. The molecule has 2 saturated carbocycles. The quantitative estimate of drug-likeness (QED) is 0.259.